The molecular weight excluding hydrogens is 244 g/mol. The Morgan fingerprint density at radius 3 is 2.76 bits per heavy atom. The minimum Gasteiger partial charge on any atom is -0.305 e. The van der Waals surface area contributed by atoms with Crippen molar-refractivity contribution in [2.75, 3.05) is 6.54 Å². The molecule has 1 aromatic heterocycles. The van der Waals surface area contributed by atoms with Gasteiger partial charge in [-0.15, -0.1) is 5.10 Å². The first-order valence-corrected chi connectivity index (χ1v) is 6.01. The first-order valence-electron chi connectivity index (χ1n) is 5.17. The molecule has 6 heteroatoms. The monoisotopic (exact) mass is 255 g/mol. The molecule has 1 unspecified atom stereocenters. The average Bonchev–Trinajstić information content (AvgIpc) is 2.83. The highest BCUT2D eigenvalue weighted by Crippen LogP contribution is 2.22. The van der Waals surface area contributed by atoms with Crippen molar-refractivity contribution >= 4 is 11.5 Å². The van der Waals surface area contributed by atoms with E-state index in [2.05, 4.69) is 14.9 Å². The van der Waals surface area contributed by atoms with Crippen LogP contribution in [-0.2, 0) is 0 Å². The van der Waals surface area contributed by atoms with E-state index in [1.807, 2.05) is 6.92 Å². The van der Waals surface area contributed by atoms with Gasteiger partial charge in [0.2, 0.25) is 0 Å². The smallest absolute Gasteiger partial charge is 0.159 e. The molecule has 90 valence electrons. The van der Waals surface area contributed by atoms with E-state index in [0.717, 1.165) is 6.07 Å². The van der Waals surface area contributed by atoms with Crippen molar-refractivity contribution in [1.29, 1.82) is 0 Å². The van der Waals surface area contributed by atoms with Crippen molar-refractivity contribution in [2.45, 2.75) is 13.0 Å². The van der Waals surface area contributed by atoms with Crippen molar-refractivity contribution in [2.24, 2.45) is 0 Å². The number of aromatic nitrogens is 2. The molecule has 1 aromatic carbocycles. The minimum absolute atomic E-state index is 0.256. The highest BCUT2D eigenvalue weighted by atomic mass is 32.1. The van der Waals surface area contributed by atoms with Gasteiger partial charge in [-0.25, -0.2) is 8.78 Å². The fourth-order valence-electron chi connectivity index (χ4n) is 1.59. The fraction of sp³-hybridized carbons (Fsp3) is 0.273. The Morgan fingerprint density at radius 2 is 2.18 bits per heavy atom. The minimum atomic E-state index is -0.853. The lowest BCUT2D eigenvalue weighted by atomic mass is 10.0. The van der Waals surface area contributed by atoms with Gasteiger partial charge in [0.1, 0.15) is 0 Å². The first-order chi connectivity index (χ1) is 8.22. The fourth-order valence-corrected chi connectivity index (χ4v) is 2.07. The van der Waals surface area contributed by atoms with Crippen molar-refractivity contribution in [3.05, 3.63) is 46.5 Å². The second-order valence-electron chi connectivity index (χ2n) is 3.49. The number of hydrogen-bond donors (Lipinski definition) is 1. The molecule has 0 saturated heterocycles. The van der Waals surface area contributed by atoms with Crippen LogP contribution in [0.5, 0.6) is 0 Å². The number of rotatable bonds is 4. The molecule has 0 amide bonds. The lowest BCUT2D eigenvalue weighted by Crippen LogP contribution is -2.22. The zero-order chi connectivity index (χ0) is 12.3. The first kappa shape index (κ1) is 12.1. The van der Waals surface area contributed by atoms with Crippen molar-refractivity contribution in [1.82, 2.24) is 14.9 Å². The maximum absolute atomic E-state index is 13.2. The van der Waals surface area contributed by atoms with Crippen molar-refractivity contribution in [3.8, 4) is 0 Å². The van der Waals surface area contributed by atoms with E-state index >= 15 is 0 Å². The normalized spacial score (nSPS) is 12.6. The topological polar surface area (TPSA) is 37.8 Å². The Balaban J connectivity index is 2.35. The van der Waals surface area contributed by atoms with Gasteiger partial charge in [-0.05, 0) is 35.8 Å². The largest absolute Gasteiger partial charge is 0.305 e. The zero-order valence-electron chi connectivity index (χ0n) is 9.15. The predicted octanol–water partition coefficient (Wildman–Crippen LogP) is 2.52. The summed E-state index contributed by atoms with van der Waals surface area (Å²) in [5.74, 6) is -1.70. The van der Waals surface area contributed by atoms with Crippen LogP contribution in [0.1, 0.15) is 24.2 Å². The maximum atomic E-state index is 13.2. The molecule has 0 radical (unpaired) electrons. The molecule has 0 saturated carbocycles. The van der Waals surface area contributed by atoms with Gasteiger partial charge in [0.05, 0.1) is 11.7 Å². The molecule has 1 N–H and O–H groups in total. The molecule has 3 nitrogen and oxygen atoms in total. The van der Waals surface area contributed by atoms with E-state index in [1.54, 1.807) is 11.4 Å². The number of halogens is 2. The molecular formula is C11H11F2N3S. The van der Waals surface area contributed by atoms with Gasteiger partial charge < -0.3 is 5.32 Å². The number of hydrogen-bond acceptors (Lipinski definition) is 4. The number of nitrogens with zero attached hydrogens (tertiary/aromatic N) is 2. The quantitative estimate of drug-likeness (QED) is 0.912. The summed E-state index contributed by atoms with van der Waals surface area (Å²) in [7, 11) is 0. The van der Waals surface area contributed by atoms with Crippen LogP contribution in [0.25, 0.3) is 0 Å². The van der Waals surface area contributed by atoms with E-state index in [9.17, 15) is 8.78 Å². The molecule has 0 spiro atoms. The van der Waals surface area contributed by atoms with Gasteiger partial charge in [0.25, 0.3) is 0 Å². The average molecular weight is 255 g/mol. The molecule has 0 bridgehead atoms. The van der Waals surface area contributed by atoms with Crippen LogP contribution in [0, 0.1) is 11.6 Å². The van der Waals surface area contributed by atoms with Crippen molar-refractivity contribution in [3.63, 3.8) is 0 Å². The van der Waals surface area contributed by atoms with Crippen LogP contribution in [0.15, 0.2) is 23.6 Å². The standard InChI is InChI=1S/C11H11F2N3S/c1-2-14-11(10-6-17-16-15-10)7-3-4-8(12)9(13)5-7/h3-6,11,14H,2H2,1H3. The van der Waals surface area contributed by atoms with Crippen LogP contribution < -0.4 is 5.32 Å². The van der Waals surface area contributed by atoms with Gasteiger partial charge in [-0.3, -0.25) is 0 Å². The summed E-state index contributed by atoms with van der Waals surface area (Å²) in [5, 5.41) is 8.90. The van der Waals surface area contributed by atoms with Crippen LogP contribution in [0.3, 0.4) is 0 Å². The highest BCUT2D eigenvalue weighted by Gasteiger charge is 2.17. The zero-order valence-corrected chi connectivity index (χ0v) is 9.97. The van der Waals surface area contributed by atoms with Crippen LogP contribution in [0.4, 0.5) is 8.78 Å². The third-order valence-corrected chi connectivity index (χ3v) is 2.88. The second-order valence-corrected chi connectivity index (χ2v) is 4.10. The molecule has 2 rings (SSSR count). The molecule has 0 aliphatic carbocycles. The van der Waals surface area contributed by atoms with Gasteiger partial charge in [0, 0.05) is 5.38 Å². The third kappa shape index (κ3) is 2.65. The summed E-state index contributed by atoms with van der Waals surface area (Å²) in [6.07, 6.45) is 0. The van der Waals surface area contributed by atoms with Crippen LogP contribution >= 0.6 is 11.5 Å². The Bertz CT molecular complexity index is 487. The summed E-state index contributed by atoms with van der Waals surface area (Å²) in [4.78, 5) is 0. The van der Waals surface area contributed by atoms with Gasteiger partial charge >= 0.3 is 0 Å². The molecule has 17 heavy (non-hydrogen) atoms. The Morgan fingerprint density at radius 1 is 1.35 bits per heavy atom. The van der Waals surface area contributed by atoms with Gasteiger partial charge in [-0.2, -0.15) is 0 Å². The Kier molecular flexibility index (Phi) is 3.75. The van der Waals surface area contributed by atoms with E-state index in [4.69, 9.17) is 0 Å². The van der Waals surface area contributed by atoms with Gasteiger partial charge in [-0.1, -0.05) is 17.5 Å². The molecule has 0 fully saturated rings. The van der Waals surface area contributed by atoms with E-state index in [1.165, 1.54) is 17.6 Å². The third-order valence-electron chi connectivity index (χ3n) is 2.36. The predicted molar refractivity (Wildman–Crippen MR) is 61.8 cm³/mol. The molecule has 1 heterocycles. The number of benzene rings is 1. The molecule has 2 aromatic rings. The summed E-state index contributed by atoms with van der Waals surface area (Å²) in [5.41, 5.74) is 1.35. The summed E-state index contributed by atoms with van der Waals surface area (Å²) >= 11 is 1.23. The lowest BCUT2D eigenvalue weighted by molar-refractivity contribution is 0.503. The molecule has 0 aliphatic heterocycles. The summed E-state index contributed by atoms with van der Waals surface area (Å²) < 4.78 is 29.8. The molecule has 1 atom stereocenters. The highest BCUT2D eigenvalue weighted by molar-refractivity contribution is 7.03. The second kappa shape index (κ2) is 5.29. The Labute approximate surface area is 102 Å². The van der Waals surface area contributed by atoms with Crippen LogP contribution in [-0.4, -0.2) is 16.1 Å². The SMILES string of the molecule is CCNC(c1ccc(F)c(F)c1)c1csnn1. The van der Waals surface area contributed by atoms with E-state index in [0.29, 0.717) is 17.8 Å². The maximum Gasteiger partial charge on any atom is 0.159 e. The van der Waals surface area contributed by atoms with E-state index in [-0.39, 0.29) is 6.04 Å². The summed E-state index contributed by atoms with van der Waals surface area (Å²) in [6.45, 7) is 2.63. The van der Waals surface area contributed by atoms with Crippen LogP contribution in [0.2, 0.25) is 0 Å². The van der Waals surface area contributed by atoms with Crippen molar-refractivity contribution < 1.29 is 8.78 Å². The number of nitrogens with one attached hydrogen (secondary N) is 1. The Hall–Kier alpha value is -1.40. The summed E-state index contributed by atoms with van der Waals surface area (Å²) in [6, 6.07) is 3.59. The van der Waals surface area contributed by atoms with Gasteiger partial charge in [0.15, 0.2) is 11.6 Å². The lowest BCUT2D eigenvalue weighted by Gasteiger charge is -2.15. The van der Waals surface area contributed by atoms with E-state index < -0.39 is 11.6 Å². The molecule has 0 aliphatic rings.